The van der Waals surface area contributed by atoms with E-state index in [-0.39, 0.29) is 17.6 Å². The van der Waals surface area contributed by atoms with Gasteiger partial charge in [0.15, 0.2) is 0 Å². The summed E-state index contributed by atoms with van der Waals surface area (Å²) >= 11 is 0. The first-order chi connectivity index (χ1) is 11.5. The third kappa shape index (κ3) is 3.02. The molecule has 0 fully saturated rings. The molecule has 1 atom stereocenters. The van der Waals surface area contributed by atoms with Crippen molar-refractivity contribution in [2.24, 2.45) is 0 Å². The number of nitrogens with zero attached hydrogens (tertiary/aromatic N) is 1. The number of nitrogens with one attached hydrogen (secondary N) is 1. The van der Waals surface area contributed by atoms with Crippen molar-refractivity contribution in [1.82, 2.24) is 5.32 Å². The zero-order chi connectivity index (χ0) is 17.3. The average Bonchev–Trinajstić information content (AvgIpc) is 3.02. The highest BCUT2D eigenvalue weighted by atomic mass is 16.6. The number of hydrogen-bond acceptors (Lipinski definition) is 3. The minimum absolute atomic E-state index is 0.0344. The number of carbonyl (C=O) groups is 1. The Bertz CT molecular complexity index is 814. The number of fused-ring (bicyclic) bond motifs is 1. The monoisotopic (exact) mass is 324 g/mol. The minimum atomic E-state index is -0.462. The maximum absolute atomic E-state index is 12.5. The van der Waals surface area contributed by atoms with Gasteiger partial charge in [-0.1, -0.05) is 24.3 Å². The fourth-order valence-electron chi connectivity index (χ4n) is 3.29. The number of amides is 1. The molecule has 0 radical (unpaired) electrons. The summed E-state index contributed by atoms with van der Waals surface area (Å²) in [5, 5.41) is 14.0. The van der Waals surface area contributed by atoms with Crippen LogP contribution in [-0.4, -0.2) is 10.8 Å². The van der Waals surface area contributed by atoms with E-state index in [2.05, 4.69) is 23.5 Å². The lowest BCUT2D eigenvalue weighted by Gasteiger charge is -2.16. The topological polar surface area (TPSA) is 72.2 Å². The molecule has 0 aliphatic heterocycles. The van der Waals surface area contributed by atoms with Crippen LogP contribution in [0.4, 0.5) is 5.69 Å². The van der Waals surface area contributed by atoms with Gasteiger partial charge in [0.2, 0.25) is 0 Å². The van der Waals surface area contributed by atoms with Crippen LogP contribution >= 0.6 is 0 Å². The molecule has 1 amide bonds. The van der Waals surface area contributed by atoms with Gasteiger partial charge in [-0.25, -0.2) is 0 Å². The van der Waals surface area contributed by atoms with Crippen molar-refractivity contribution in [1.29, 1.82) is 0 Å². The maximum atomic E-state index is 12.5. The molecule has 24 heavy (non-hydrogen) atoms. The Hall–Kier alpha value is -2.69. The highest BCUT2D eigenvalue weighted by Gasteiger charge is 2.20. The molecule has 5 heteroatoms. The number of nitro benzene ring substituents is 1. The van der Waals surface area contributed by atoms with Crippen molar-refractivity contribution < 1.29 is 9.72 Å². The quantitative estimate of drug-likeness (QED) is 0.685. The van der Waals surface area contributed by atoms with Gasteiger partial charge in [0.05, 0.1) is 11.0 Å². The van der Waals surface area contributed by atoms with Gasteiger partial charge >= 0.3 is 0 Å². The molecule has 1 aliphatic carbocycles. The van der Waals surface area contributed by atoms with E-state index in [9.17, 15) is 14.9 Å². The normalized spacial score (nSPS) is 14.1. The number of rotatable bonds is 4. The molecule has 0 spiro atoms. The fourth-order valence-corrected chi connectivity index (χ4v) is 3.29. The van der Waals surface area contributed by atoms with E-state index in [1.807, 2.05) is 6.92 Å². The summed E-state index contributed by atoms with van der Waals surface area (Å²) in [6, 6.07) is 10.8. The molecule has 0 saturated carbocycles. The molecule has 0 saturated heterocycles. The van der Waals surface area contributed by atoms with Gasteiger partial charge in [-0.15, -0.1) is 0 Å². The Labute approximate surface area is 140 Å². The summed E-state index contributed by atoms with van der Waals surface area (Å²) in [5.74, 6) is -0.288. The summed E-state index contributed by atoms with van der Waals surface area (Å²) in [7, 11) is 0. The molecule has 2 aromatic rings. The molecule has 1 aliphatic rings. The van der Waals surface area contributed by atoms with Crippen LogP contribution in [0.25, 0.3) is 0 Å². The molecule has 0 bridgehead atoms. The molecule has 0 aromatic heterocycles. The van der Waals surface area contributed by atoms with Crippen LogP contribution in [0.2, 0.25) is 0 Å². The lowest BCUT2D eigenvalue weighted by atomic mass is 10.0. The third-order valence-corrected chi connectivity index (χ3v) is 4.72. The Morgan fingerprint density at radius 2 is 1.96 bits per heavy atom. The van der Waals surface area contributed by atoms with Gasteiger partial charge in [0.1, 0.15) is 0 Å². The van der Waals surface area contributed by atoms with E-state index >= 15 is 0 Å². The number of hydrogen-bond donors (Lipinski definition) is 1. The molecule has 5 nitrogen and oxygen atoms in total. The van der Waals surface area contributed by atoms with Crippen molar-refractivity contribution in [3.05, 3.63) is 74.3 Å². The Morgan fingerprint density at radius 1 is 1.21 bits per heavy atom. The second-order valence-corrected chi connectivity index (χ2v) is 6.28. The number of nitro groups is 1. The first-order valence-corrected chi connectivity index (χ1v) is 8.14. The molecule has 1 N–H and O–H groups in total. The van der Waals surface area contributed by atoms with Gasteiger partial charge in [-0.2, -0.15) is 0 Å². The summed E-state index contributed by atoms with van der Waals surface area (Å²) in [4.78, 5) is 23.1. The van der Waals surface area contributed by atoms with Crippen LogP contribution in [0, 0.1) is 17.0 Å². The lowest BCUT2D eigenvalue weighted by Crippen LogP contribution is -2.27. The predicted molar refractivity (Wildman–Crippen MR) is 92.2 cm³/mol. The molecular formula is C19H20N2O3. The van der Waals surface area contributed by atoms with E-state index in [0.717, 1.165) is 18.4 Å². The minimum Gasteiger partial charge on any atom is -0.346 e. The van der Waals surface area contributed by atoms with Crippen molar-refractivity contribution in [3.63, 3.8) is 0 Å². The smallest absolute Gasteiger partial charge is 0.273 e. The van der Waals surface area contributed by atoms with Crippen LogP contribution < -0.4 is 5.32 Å². The van der Waals surface area contributed by atoms with Crippen LogP contribution in [0.15, 0.2) is 36.4 Å². The second kappa shape index (κ2) is 6.43. The molecule has 124 valence electrons. The maximum Gasteiger partial charge on any atom is 0.273 e. The number of benzene rings is 2. The Morgan fingerprint density at radius 3 is 2.71 bits per heavy atom. The van der Waals surface area contributed by atoms with Crippen LogP contribution in [0.1, 0.15) is 52.0 Å². The summed E-state index contributed by atoms with van der Waals surface area (Å²) in [5.41, 5.74) is 4.52. The third-order valence-electron chi connectivity index (χ3n) is 4.72. The fraction of sp³-hybridized carbons (Fsp3) is 0.316. The number of carbonyl (C=O) groups excluding carboxylic acids is 1. The van der Waals surface area contributed by atoms with Gasteiger partial charge in [-0.3, -0.25) is 14.9 Å². The van der Waals surface area contributed by atoms with Crippen LogP contribution in [0.3, 0.4) is 0 Å². The predicted octanol–water partition coefficient (Wildman–Crippen LogP) is 3.88. The van der Waals surface area contributed by atoms with Gasteiger partial charge < -0.3 is 5.32 Å². The second-order valence-electron chi connectivity index (χ2n) is 6.28. The summed E-state index contributed by atoms with van der Waals surface area (Å²) in [6.07, 6.45) is 3.41. The highest BCUT2D eigenvalue weighted by Crippen LogP contribution is 2.26. The number of aryl methyl sites for hydroxylation is 2. The highest BCUT2D eigenvalue weighted by molar-refractivity contribution is 5.96. The van der Waals surface area contributed by atoms with E-state index in [1.165, 1.54) is 23.6 Å². The van der Waals surface area contributed by atoms with Crippen LogP contribution in [-0.2, 0) is 12.8 Å². The Balaban J connectivity index is 1.80. The van der Waals surface area contributed by atoms with Crippen molar-refractivity contribution >= 4 is 11.6 Å². The SMILES string of the molecule is Cc1c(C(=O)N[C@H](C)c2ccc3c(c2)CCC3)cccc1[N+](=O)[O-]. The lowest BCUT2D eigenvalue weighted by molar-refractivity contribution is -0.385. The summed E-state index contributed by atoms with van der Waals surface area (Å²) < 4.78 is 0. The average molecular weight is 324 g/mol. The van der Waals surface area contributed by atoms with E-state index in [1.54, 1.807) is 19.1 Å². The van der Waals surface area contributed by atoms with E-state index < -0.39 is 4.92 Å². The van der Waals surface area contributed by atoms with Gasteiger partial charge in [0.25, 0.3) is 11.6 Å². The molecule has 3 rings (SSSR count). The first kappa shape index (κ1) is 16.2. The van der Waals surface area contributed by atoms with E-state index in [0.29, 0.717) is 11.1 Å². The Kier molecular flexibility index (Phi) is 4.34. The van der Waals surface area contributed by atoms with Gasteiger partial charge in [0, 0.05) is 17.2 Å². The molecule has 0 unspecified atom stereocenters. The van der Waals surface area contributed by atoms with Crippen molar-refractivity contribution in [2.75, 3.05) is 0 Å². The van der Waals surface area contributed by atoms with Crippen molar-refractivity contribution in [3.8, 4) is 0 Å². The summed E-state index contributed by atoms with van der Waals surface area (Å²) in [6.45, 7) is 3.54. The molecule has 0 heterocycles. The van der Waals surface area contributed by atoms with Crippen LogP contribution in [0.5, 0.6) is 0 Å². The molecular weight excluding hydrogens is 304 g/mol. The standard InChI is InChI=1S/C19H20N2O3/c1-12-17(7-4-8-18(12)21(23)24)19(22)20-13(2)15-10-9-14-5-3-6-16(14)11-15/h4,7-11,13H,3,5-6H2,1-2H3,(H,20,22)/t13-/m1/s1. The van der Waals surface area contributed by atoms with Crippen molar-refractivity contribution in [2.45, 2.75) is 39.2 Å². The first-order valence-electron chi connectivity index (χ1n) is 8.14. The zero-order valence-corrected chi connectivity index (χ0v) is 13.8. The van der Waals surface area contributed by atoms with E-state index in [4.69, 9.17) is 0 Å². The molecule has 2 aromatic carbocycles. The van der Waals surface area contributed by atoms with Gasteiger partial charge in [-0.05, 0) is 55.9 Å². The zero-order valence-electron chi connectivity index (χ0n) is 13.8. The largest absolute Gasteiger partial charge is 0.346 e.